The van der Waals surface area contributed by atoms with E-state index in [1.807, 2.05) is 6.07 Å². The number of ketones is 2. The van der Waals surface area contributed by atoms with Gasteiger partial charge < -0.3 is 20.9 Å². The molecule has 0 amide bonds. The van der Waals surface area contributed by atoms with Gasteiger partial charge in [0, 0.05) is 64.9 Å². The number of nitrogens with zero attached hydrogens (tertiary/aromatic N) is 8. The largest absolute Gasteiger partial charge is 0.481 e. The summed E-state index contributed by atoms with van der Waals surface area (Å²) in [5.41, 5.74) is 30.2. The fourth-order valence-electron chi connectivity index (χ4n) is 6.41. The lowest BCUT2D eigenvalue weighted by atomic mass is 9.64. The number of hydrogen-bond donors (Lipinski definition) is 2. The van der Waals surface area contributed by atoms with E-state index in [1.165, 1.54) is 14.1 Å². The number of Topliss-reactive ketones (excluding diaryl/α,β-unsaturated/α-hetero) is 2. The van der Waals surface area contributed by atoms with Crippen LogP contribution in [0.1, 0.15) is 48.2 Å². The van der Waals surface area contributed by atoms with E-state index in [0.717, 1.165) is 34.5 Å². The lowest BCUT2D eigenvalue weighted by Gasteiger charge is -2.42. The Morgan fingerprint density at radius 2 is 1.32 bits per heavy atom. The summed E-state index contributed by atoms with van der Waals surface area (Å²) in [5, 5.41) is 6.77. The first-order valence-electron chi connectivity index (χ1n) is 13.9. The number of hydrogen-bond acceptors (Lipinski definition) is 10. The number of azide groups is 2. The number of pyridine rings is 2. The summed E-state index contributed by atoms with van der Waals surface area (Å²) < 4.78 is 10.3. The Hall–Kier alpha value is -4.74. The molecule has 232 valence electrons. The van der Waals surface area contributed by atoms with Crippen molar-refractivity contribution in [2.45, 2.75) is 49.6 Å². The Bertz CT molecular complexity index is 1560. The molecule has 4 aliphatic carbocycles. The minimum absolute atomic E-state index is 0.0119. The van der Waals surface area contributed by atoms with E-state index in [-0.39, 0.29) is 23.4 Å². The van der Waals surface area contributed by atoms with Crippen LogP contribution in [0.25, 0.3) is 20.9 Å². The number of methoxy groups -OCH3 is 2. The summed E-state index contributed by atoms with van der Waals surface area (Å²) in [6, 6.07) is 7.10. The van der Waals surface area contributed by atoms with Gasteiger partial charge in [0.25, 0.3) is 0 Å². The maximum Gasteiger partial charge on any atom is 0.213 e. The molecule has 2 aromatic rings. The highest BCUT2D eigenvalue weighted by Gasteiger charge is 2.52. The van der Waals surface area contributed by atoms with Crippen LogP contribution in [0.2, 0.25) is 0 Å². The second kappa shape index (κ2) is 14.2. The molecular weight excluding hydrogens is 564 g/mol. The Morgan fingerprint density at radius 3 is 1.82 bits per heavy atom. The number of ether oxygens (including phenoxy) is 2. The molecule has 4 N–H and O–H groups in total. The standard InChI is InChI=1S/C14H14N4O2.C14H16N2O2.CH3N3.CH5N/c1-8-5-9-6-11-10(3-4-12(16-11)20-2)14(7-8,13(9)19)17-18-15;1-8-5-9-6-11-10(3-4-12(16-11)18-2)14(15,7-8)13(9)17;1-3-4-2;1-2/h3-4,9H,1,5-7H2,2H3;3-4,9H,1,5-7,15H2,2H3;1H3;2H2,1H3. The molecule has 44 heavy (non-hydrogen) atoms. The number of fused-ring (bicyclic) bond motifs is 8. The number of nitrogens with two attached hydrogens (primary N) is 2. The van der Waals surface area contributed by atoms with Crippen molar-refractivity contribution in [2.75, 3.05) is 28.3 Å². The molecule has 0 saturated heterocycles. The third-order valence-electron chi connectivity index (χ3n) is 8.12. The van der Waals surface area contributed by atoms with Crippen molar-refractivity contribution in [3.63, 3.8) is 0 Å². The summed E-state index contributed by atoms with van der Waals surface area (Å²) in [7, 11) is 6.03. The minimum Gasteiger partial charge on any atom is -0.481 e. The van der Waals surface area contributed by atoms with E-state index in [9.17, 15) is 9.59 Å². The molecule has 2 heterocycles. The van der Waals surface area contributed by atoms with Crippen LogP contribution in [-0.4, -0.2) is 49.8 Å². The lowest BCUT2D eigenvalue weighted by Crippen LogP contribution is -2.55. The monoisotopic (exact) mass is 602 g/mol. The Morgan fingerprint density at radius 1 is 0.841 bits per heavy atom. The van der Waals surface area contributed by atoms with E-state index in [4.69, 9.17) is 26.3 Å². The normalized spacial score (nSPS) is 25.3. The van der Waals surface area contributed by atoms with E-state index in [0.29, 0.717) is 49.4 Å². The predicted octanol–water partition coefficient (Wildman–Crippen LogP) is 4.52. The molecule has 2 saturated carbocycles. The van der Waals surface area contributed by atoms with Gasteiger partial charge in [-0.2, -0.15) is 0 Å². The summed E-state index contributed by atoms with van der Waals surface area (Å²) in [6.45, 7) is 7.99. The van der Waals surface area contributed by atoms with Gasteiger partial charge in [-0.15, -0.1) is 0 Å². The summed E-state index contributed by atoms with van der Waals surface area (Å²) in [5.74, 6) is 0.934. The number of carbonyl (C=O) groups is 2. The molecule has 4 bridgehead atoms. The van der Waals surface area contributed by atoms with Crippen molar-refractivity contribution in [3.05, 3.63) is 92.0 Å². The van der Waals surface area contributed by atoms with Crippen LogP contribution < -0.4 is 20.9 Å². The van der Waals surface area contributed by atoms with Crippen LogP contribution in [0, 0.1) is 11.8 Å². The van der Waals surface area contributed by atoms with Crippen molar-refractivity contribution < 1.29 is 19.1 Å². The number of aromatic nitrogens is 2. The predicted molar refractivity (Wildman–Crippen MR) is 165 cm³/mol. The Labute approximate surface area is 255 Å². The second-order valence-corrected chi connectivity index (χ2v) is 10.8. The van der Waals surface area contributed by atoms with Crippen molar-refractivity contribution in [3.8, 4) is 11.8 Å². The molecule has 14 heteroatoms. The summed E-state index contributed by atoms with van der Waals surface area (Å²) in [6.07, 6.45) is 3.46. The Balaban J connectivity index is 0.000000205. The van der Waals surface area contributed by atoms with Gasteiger partial charge in [0.05, 0.1) is 19.9 Å². The molecule has 0 radical (unpaired) electrons. The Kier molecular flexibility index (Phi) is 10.9. The zero-order valence-electron chi connectivity index (χ0n) is 25.5. The number of rotatable bonds is 3. The first kappa shape index (κ1) is 33.8. The van der Waals surface area contributed by atoms with Gasteiger partial charge in [0.15, 0.2) is 11.6 Å². The van der Waals surface area contributed by atoms with E-state index >= 15 is 0 Å². The fourth-order valence-corrected chi connectivity index (χ4v) is 6.41. The summed E-state index contributed by atoms with van der Waals surface area (Å²) >= 11 is 0. The van der Waals surface area contributed by atoms with Gasteiger partial charge in [-0.25, -0.2) is 9.97 Å². The zero-order chi connectivity index (χ0) is 32.7. The smallest absolute Gasteiger partial charge is 0.213 e. The first-order chi connectivity index (χ1) is 21.1. The highest BCUT2D eigenvalue weighted by molar-refractivity contribution is 5.96. The van der Waals surface area contributed by atoms with Gasteiger partial charge in [0.2, 0.25) is 11.8 Å². The van der Waals surface area contributed by atoms with Crippen LogP contribution in [0.15, 0.2) is 58.8 Å². The topological polar surface area (TPSA) is 228 Å². The minimum atomic E-state index is -1.17. The van der Waals surface area contributed by atoms with E-state index in [2.05, 4.69) is 48.9 Å². The van der Waals surface area contributed by atoms with E-state index in [1.54, 1.807) is 32.4 Å². The van der Waals surface area contributed by atoms with Crippen LogP contribution in [-0.2, 0) is 33.5 Å². The average Bonchev–Trinajstić information content (AvgIpc) is 3.01. The molecule has 4 aliphatic rings. The fraction of sp³-hybridized carbons (Fsp3) is 0.467. The van der Waals surface area contributed by atoms with Crippen molar-refractivity contribution >= 4 is 11.6 Å². The van der Waals surface area contributed by atoms with Crippen molar-refractivity contribution in [2.24, 2.45) is 33.5 Å². The lowest BCUT2D eigenvalue weighted by molar-refractivity contribution is -0.131. The quantitative estimate of drug-likeness (QED) is 0.219. The third kappa shape index (κ3) is 6.29. The van der Waals surface area contributed by atoms with Gasteiger partial charge in [-0.3, -0.25) is 9.59 Å². The highest BCUT2D eigenvalue weighted by atomic mass is 16.5. The molecule has 2 aromatic heterocycles. The second-order valence-electron chi connectivity index (χ2n) is 10.8. The molecule has 2 fully saturated rings. The van der Waals surface area contributed by atoms with Gasteiger partial charge in [-0.1, -0.05) is 40.6 Å². The zero-order valence-corrected chi connectivity index (χ0v) is 25.5. The summed E-state index contributed by atoms with van der Waals surface area (Å²) in [4.78, 5) is 39.1. The van der Waals surface area contributed by atoms with Crippen molar-refractivity contribution in [1.29, 1.82) is 0 Å². The van der Waals surface area contributed by atoms with Crippen LogP contribution in [0.5, 0.6) is 11.8 Å². The van der Waals surface area contributed by atoms with Crippen LogP contribution in [0.4, 0.5) is 0 Å². The molecule has 0 spiro atoms. The maximum atomic E-state index is 12.6. The molecule has 4 atom stereocenters. The van der Waals surface area contributed by atoms with Gasteiger partial charge in [0.1, 0.15) is 11.1 Å². The van der Waals surface area contributed by atoms with Crippen LogP contribution >= 0.6 is 0 Å². The number of carbonyl (C=O) groups excluding carboxylic acids is 2. The molecule has 4 unspecified atom stereocenters. The first-order valence-corrected chi connectivity index (χ1v) is 13.9. The molecule has 14 nitrogen and oxygen atoms in total. The molecular formula is C30H38N10O4. The van der Waals surface area contributed by atoms with E-state index < -0.39 is 11.1 Å². The van der Waals surface area contributed by atoms with Gasteiger partial charge >= 0.3 is 0 Å². The molecule has 6 rings (SSSR count). The van der Waals surface area contributed by atoms with Gasteiger partial charge in [-0.05, 0) is 55.4 Å². The third-order valence-corrected chi connectivity index (χ3v) is 8.12. The van der Waals surface area contributed by atoms with Crippen molar-refractivity contribution in [1.82, 2.24) is 9.97 Å². The average molecular weight is 603 g/mol. The highest BCUT2D eigenvalue weighted by Crippen LogP contribution is 2.48. The molecule has 0 aliphatic heterocycles. The molecule has 0 aromatic carbocycles. The SMILES string of the molecule is C=C1CC2Cc3nc(OC)ccc3C(N)(C1)C2=O.C=C1CC2Cc3nc(OC)ccc3C(N=[N+]=[N-])(C1)C2=O.CN.CN=[N+]=[N-]. The maximum absolute atomic E-state index is 12.6. The van der Waals surface area contributed by atoms with Crippen LogP contribution in [0.3, 0.4) is 0 Å².